The fourth-order valence-corrected chi connectivity index (χ4v) is 3.54. The van der Waals surface area contributed by atoms with Crippen molar-refractivity contribution in [1.29, 1.82) is 0 Å². The number of benzene rings is 1. The molecular weight excluding hydrogens is 208 g/mol. The van der Waals surface area contributed by atoms with Crippen molar-refractivity contribution < 1.29 is 0 Å². The molecule has 0 unspecified atom stereocenters. The summed E-state index contributed by atoms with van der Waals surface area (Å²) in [5.41, 5.74) is 4.61. The van der Waals surface area contributed by atoms with Gasteiger partial charge in [-0.05, 0) is 30.9 Å². The summed E-state index contributed by atoms with van der Waals surface area (Å²) in [7, 11) is 2.28. The summed E-state index contributed by atoms with van der Waals surface area (Å²) in [6.07, 6.45) is 6.55. The summed E-state index contributed by atoms with van der Waals surface area (Å²) in [4.78, 5) is 2.55. The van der Waals surface area contributed by atoms with Gasteiger partial charge in [0.25, 0.3) is 0 Å². The third kappa shape index (κ3) is 1.54. The Kier molecular flexibility index (Phi) is 2.53. The molecule has 1 aliphatic heterocycles. The predicted octanol–water partition coefficient (Wildman–Crippen LogP) is 3.42. The highest BCUT2D eigenvalue weighted by molar-refractivity contribution is 5.77. The first-order chi connectivity index (χ1) is 8.27. The Hall–Kier alpha value is -1.18. The Morgan fingerprint density at radius 2 is 2.06 bits per heavy atom. The van der Waals surface area contributed by atoms with Crippen molar-refractivity contribution in [1.82, 2.24) is 0 Å². The van der Waals surface area contributed by atoms with Crippen LogP contribution in [-0.4, -0.2) is 19.1 Å². The number of nitrogens with one attached hydrogen (secondary N) is 1. The van der Waals surface area contributed by atoms with Crippen LogP contribution in [0.15, 0.2) is 18.2 Å². The summed E-state index contributed by atoms with van der Waals surface area (Å²) in [6, 6.07) is 6.71. The summed E-state index contributed by atoms with van der Waals surface area (Å²) in [5, 5.41) is 3.70. The van der Waals surface area contributed by atoms with E-state index in [2.05, 4.69) is 42.4 Å². The van der Waals surface area contributed by atoms with Crippen LogP contribution in [0.25, 0.3) is 0 Å². The first kappa shape index (κ1) is 10.9. The van der Waals surface area contributed by atoms with Gasteiger partial charge in [0.2, 0.25) is 0 Å². The monoisotopic (exact) mass is 230 g/mol. The van der Waals surface area contributed by atoms with Gasteiger partial charge in [0.15, 0.2) is 0 Å². The van der Waals surface area contributed by atoms with Crippen LogP contribution in [0.2, 0.25) is 0 Å². The fraction of sp³-hybridized carbons (Fsp3) is 0.600. The van der Waals surface area contributed by atoms with Gasteiger partial charge in [0.05, 0.1) is 16.9 Å². The van der Waals surface area contributed by atoms with E-state index in [1.807, 2.05) is 0 Å². The second-order valence-electron chi connectivity index (χ2n) is 5.51. The molecule has 2 aliphatic rings. The maximum absolute atomic E-state index is 3.70. The van der Waals surface area contributed by atoms with E-state index in [1.54, 1.807) is 0 Å². The standard InChI is InChI=1S/C15H22N2/c1-3-12-7-6-8-13-14(12)16-11-15(17(13)2)9-4-5-10-15/h6-8,16H,3-5,9-11H2,1-2H3. The van der Waals surface area contributed by atoms with E-state index in [1.165, 1.54) is 42.6 Å². The molecule has 0 radical (unpaired) electrons. The van der Waals surface area contributed by atoms with Crippen LogP contribution in [-0.2, 0) is 6.42 Å². The molecule has 17 heavy (non-hydrogen) atoms. The molecule has 0 saturated heterocycles. The molecule has 3 rings (SSSR count). The number of rotatable bonds is 1. The molecule has 92 valence electrons. The van der Waals surface area contributed by atoms with E-state index in [4.69, 9.17) is 0 Å². The molecule has 0 amide bonds. The van der Waals surface area contributed by atoms with Gasteiger partial charge >= 0.3 is 0 Å². The van der Waals surface area contributed by atoms with Crippen LogP contribution >= 0.6 is 0 Å². The second-order valence-corrected chi connectivity index (χ2v) is 5.51. The van der Waals surface area contributed by atoms with Gasteiger partial charge in [0.1, 0.15) is 0 Å². The van der Waals surface area contributed by atoms with E-state index in [9.17, 15) is 0 Å². The van der Waals surface area contributed by atoms with Crippen molar-refractivity contribution in [3.63, 3.8) is 0 Å². The van der Waals surface area contributed by atoms with Crippen molar-refractivity contribution in [3.05, 3.63) is 23.8 Å². The Balaban J connectivity index is 2.03. The number of aryl methyl sites for hydroxylation is 1. The van der Waals surface area contributed by atoms with Gasteiger partial charge in [-0.1, -0.05) is 31.9 Å². The fourth-order valence-electron chi connectivity index (χ4n) is 3.54. The topological polar surface area (TPSA) is 15.3 Å². The summed E-state index contributed by atoms with van der Waals surface area (Å²) in [5.74, 6) is 0. The lowest BCUT2D eigenvalue weighted by molar-refractivity contribution is 0.428. The minimum Gasteiger partial charge on any atom is -0.381 e. The Morgan fingerprint density at radius 1 is 1.29 bits per heavy atom. The zero-order chi connectivity index (χ0) is 11.9. The highest BCUT2D eigenvalue weighted by Crippen LogP contribution is 2.44. The molecule has 2 heteroatoms. The lowest BCUT2D eigenvalue weighted by Crippen LogP contribution is -2.52. The molecule has 1 N–H and O–H groups in total. The zero-order valence-corrected chi connectivity index (χ0v) is 10.9. The molecule has 1 aromatic rings. The second kappa shape index (κ2) is 3.94. The van der Waals surface area contributed by atoms with E-state index < -0.39 is 0 Å². The Bertz CT molecular complexity index is 419. The molecule has 0 aromatic heterocycles. The van der Waals surface area contributed by atoms with Gasteiger partial charge in [-0.25, -0.2) is 0 Å². The average Bonchev–Trinajstić information content (AvgIpc) is 2.83. The highest BCUT2D eigenvalue weighted by atomic mass is 15.2. The first-order valence-electron chi connectivity index (χ1n) is 6.86. The number of hydrogen-bond donors (Lipinski definition) is 1. The van der Waals surface area contributed by atoms with Crippen molar-refractivity contribution in [2.45, 2.75) is 44.6 Å². The number of para-hydroxylation sites is 1. The number of nitrogens with zero attached hydrogens (tertiary/aromatic N) is 1. The molecule has 1 aliphatic carbocycles. The van der Waals surface area contributed by atoms with Crippen molar-refractivity contribution >= 4 is 11.4 Å². The lowest BCUT2D eigenvalue weighted by atomic mass is 9.90. The van der Waals surface area contributed by atoms with Gasteiger partial charge in [-0.2, -0.15) is 0 Å². The number of hydrogen-bond acceptors (Lipinski definition) is 2. The zero-order valence-electron chi connectivity index (χ0n) is 10.9. The van der Waals surface area contributed by atoms with Crippen LogP contribution in [0.1, 0.15) is 38.2 Å². The maximum atomic E-state index is 3.70. The van der Waals surface area contributed by atoms with E-state index in [-0.39, 0.29) is 0 Å². The molecule has 1 spiro atoms. The third-order valence-electron chi connectivity index (χ3n) is 4.71. The van der Waals surface area contributed by atoms with E-state index in [0.717, 1.165) is 13.0 Å². The van der Waals surface area contributed by atoms with Crippen LogP contribution in [0.3, 0.4) is 0 Å². The lowest BCUT2D eigenvalue weighted by Gasteiger charge is -2.46. The number of fused-ring (bicyclic) bond motifs is 1. The maximum Gasteiger partial charge on any atom is 0.0611 e. The molecule has 1 aromatic carbocycles. The van der Waals surface area contributed by atoms with E-state index in [0.29, 0.717) is 5.54 Å². The summed E-state index contributed by atoms with van der Waals surface area (Å²) < 4.78 is 0. The number of likely N-dealkylation sites (N-methyl/N-ethyl adjacent to an activating group) is 1. The van der Waals surface area contributed by atoms with Crippen molar-refractivity contribution in [3.8, 4) is 0 Å². The van der Waals surface area contributed by atoms with Crippen molar-refractivity contribution in [2.75, 3.05) is 23.8 Å². The van der Waals surface area contributed by atoms with Gasteiger partial charge < -0.3 is 10.2 Å². The molecule has 1 fully saturated rings. The van der Waals surface area contributed by atoms with Crippen LogP contribution < -0.4 is 10.2 Å². The molecule has 1 heterocycles. The van der Waals surface area contributed by atoms with Gasteiger partial charge in [-0.15, -0.1) is 0 Å². The summed E-state index contributed by atoms with van der Waals surface area (Å²) in [6.45, 7) is 3.35. The SMILES string of the molecule is CCc1cccc2c1NCC1(CCCC1)N2C. The Labute approximate surface area is 104 Å². The van der Waals surface area contributed by atoms with Crippen LogP contribution in [0.5, 0.6) is 0 Å². The predicted molar refractivity (Wildman–Crippen MR) is 73.9 cm³/mol. The first-order valence-corrected chi connectivity index (χ1v) is 6.86. The molecule has 0 atom stereocenters. The molecular formula is C15H22N2. The smallest absolute Gasteiger partial charge is 0.0611 e. The highest BCUT2D eigenvalue weighted by Gasteiger charge is 2.41. The molecule has 1 saturated carbocycles. The van der Waals surface area contributed by atoms with Gasteiger partial charge in [0, 0.05) is 13.6 Å². The molecule has 0 bridgehead atoms. The van der Waals surface area contributed by atoms with Crippen molar-refractivity contribution in [2.24, 2.45) is 0 Å². The summed E-state index contributed by atoms with van der Waals surface area (Å²) >= 11 is 0. The minimum atomic E-state index is 0.388. The Morgan fingerprint density at radius 3 is 2.76 bits per heavy atom. The van der Waals surface area contributed by atoms with Gasteiger partial charge in [-0.3, -0.25) is 0 Å². The third-order valence-corrected chi connectivity index (χ3v) is 4.71. The average molecular weight is 230 g/mol. The van der Waals surface area contributed by atoms with Crippen LogP contribution in [0, 0.1) is 0 Å². The number of anilines is 2. The normalized spacial score (nSPS) is 21.4. The minimum absolute atomic E-state index is 0.388. The quantitative estimate of drug-likeness (QED) is 0.795. The van der Waals surface area contributed by atoms with Crippen LogP contribution in [0.4, 0.5) is 11.4 Å². The molecule has 2 nitrogen and oxygen atoms in total. The largest absolute Gasteiger partial charge is 0.381 e. The van der Waals surface area contributed by atoms with E-state index >= 15 is 0 Å².